The smallest absolute Gasteiger partial charge is 0.234 e. The second kappa shape index (κ2) is 4.96. The summed E-state index contributed by atoms with van der Waals surface area (Å²) in [6.07, 6.45) is 0. The zero-order valence-electron chi connectivity index (χ0n) is 11.5. The summed E-state index contributed by atoms with van der Waals surface area (Å²) in [5.74, 6) is 0.167. The molecule has 1 N–H and O–H groups in total. The number of hydrogen-bond donors (Lipinski definition) is 1. The number of phenolic OH excluding ortho intramolecular Hbond substituents is 1. The predicted molar refractivity (Wildman–Crippen MR) is 73.4 cm³/mol. The van der Waals surface area contributed by atoms with Gasteiger partial charge in [0.1, 0.15) is 0 Å². The fourth-order valence-electron chi connectivity index (χ4n) is 2.62. The van der Waals surface area contributed by atoms with E-state index in [4.69, 9.17) is 4.74 Å². The monoisotopic (exact) mass is 261 g/mol. The lowest BCUT2D eigenvalue weighted by atomic mass is 9.92. The molecule has 102 valence electrons. The van der Waals surface area contributed by atoms with Gasteiger partial charge in [-0.05, 0) is 37.1 Å². The Balaban J connectivity index is 2.42. The molecule has 0 aliphatic carbocycles. The van der Waals surface area contributed by atoms with Crippen molar-refractivity contribution < 1.29 is 14.6 Å². The molecule has 1 heterocycles. The van der Waals surface area contributed by atoms with E-state index >= 15 is 0 Å². The van der Waals surface area contributed by atoms with E-state index in [9.17, 15) is 9.90 Å². The number of nitrogens with zero attached hydrogens (tertiary/aromatic N) is 1. The Kier molecular flexibility index (Phi) is 3.51. The van der Waals surface area contributed by atoms with Crippen molar-refractivity contribution in [3.05, 3.63) is 35.9 Å². The maximum Gasteiger partial charge on any atom is 0.234 e. The molecule has 1 aromatic rings. The molecule has 0 saturated carbocycles. The number of benzene rings is 1. The Morgan fingerprint density at radius 3 is 2.68 bits per heavy atom. The van der Waals surface area contributed by atoms with Crippen LogP contribution in [0.5, 0.6) is 11.5 Å². The van der Waals surface area contributed by atoms with Crippen LogP contribution in [0.15, 0.2) is 30.4 Å². The molecule has 2 unspecified atom stereocenters. The van der Waals surface area contributed by atoms with Crippen LogP contribution in [0.1, 0.15) is 25.3 Å². The zero-order valence-corrected chi connectivity index (χ0v) is 11.5. The number of rotatable bonds is 3. The third-order valence-electron chi connectivity index (χ3n) is 3.78. The molecule has 4 heteroatoms. The van der Waals surface area contributed by atoms with Crippen LogP contribution in [0.3, 0.4) is 0 Å². The van der Waals surface area contributed by atoms with Gasteiger partial charge < -0.3 is 14.7 Å². The number of phenols is 1. The number of methoxy groups -OCH3 is 1. The van der Waals surface area contributed by atoms with E-state index in [0.717, 1.165) is 11.1 Å². The first kappa shape index (κ1) is 13.5. The lowest BCUT2D eigenvalue weighted by molar-refractivity contribution is -0.129. The van der Waals surface area contributed by atoms with Crippen molar-refractivity contribution in [2.45, 2.75) is 25.8 Å². The molecule has 0 aromatic heterocycles. The molecule has 1 amide bonds. The third-order valence-corrected chi connectivity index (χ3v) is 3.78. The number of carbonyl (C=O) groups is 1. The first-order chi connectivity index (χ1) is 9.01. The van der Waals surface area contributed by atoms with Crippen LogP contribution in [-0.4, -0.2) is 35.6 Å². The normalized spacial score (nSPS) is 23.0. The van der Waals surface area contributed by atoms with Gasteiger partial charge in [0.05, 0.1) is 19.1 Å². The van der Waals surface area contributed by atoms with Crippen molar-refractivity contribution in [2.75, 3.05) is 13.7 Å². The molecule has 2 rings (SSSR count). The van der Waals surface area contributed by atoms with E-state index in [1.54, 1.807) is 18.2 Å². The second-order valence-electron chi connectivity index (χ2n) is 4.74. The van der Waals surface area contributed by atoms with Gasteiger partial charge in [0.2, 0.25) is 5.91 Å². The Morgan fingerprint density at radius 1 is 1.47 bits per heavy atom. The molecule has 1 fully saturated rings. The molecular formula is C15H19NO3. The van der Waals surface area contributed by atoms with Gasteiger partial charge in [-0.1, -0.05) is 12.6 Å². The molecule has 4 nitrogen and oxygen atoms in total. The third kappa shape index (κ3) is 2.07. The van der Waals surface area contributed by atoms with Crippen LogP contribution in [0, 0.1) is 0 Å². The topological polar surface area (TPSA) is 49.8 Å². The SMILES string of the molecule is C=C1C(c2ccc(O)c(OC)c2)C(=O)N(CC)C1C. The fourth-order valence-corrected chi connectivity index (χ4v) is 2.62. The van der Waals surface area contributed by atoms with Crippen LogP contribution >= 0.6 is 0 Å². The quantitative estimate of drug-likeness (QED) is 0.849. The van der Waals surface area contributed by atoms with Gasteiger partial charge in [-0.2, -0.15) is 0 Å². The summed E-state index contributed by atoms with van der Waals surface area (Å²) in [7, 11) is 1.49. The van der Waals surface area contributed by atoms with Gasteiger partial charge in [0.15, 0.2) is 11.5 Å². The average molecular weight is 261 g/mol. The molecule has 0 bridgehead atoms. The van der Waals surface area contributed by atoms with E-state index in [1.165, 1.54) is 7.11 Å². The molecule has 2 atom stereocenters. The number of aromatic hydroxyl groups is 1. The first-order valence-electron chi connectivity index (χ1n) is 6.37. The largest absolute Gasteiger partial charge is 0.504 e. The number of likely N-dealkylation sites (tertiary alicyclic amines) is 1. The number of hydrogen-bond acceptors (Lipinski definition) is 3. The maximum absolute atomic E-state index is 12.4. The minimum absolute atomic E-state index is 0.0438. The van der Waals surface area contributed by atoms with E-state index < -0.39 is 0 Å². The van der Waals surface area contributed by atoms with Crippen molar-refractivity contribution >= 4 is 5.91 Å². The standard InChI is InChI=1S/C15H19NO3/c1-5-16-10(3)9(2)14(15(16)18)11-6-7-12(17)13(8-11)19-4/h6-8,10,14,17H,2,5H2,1,3-4H3. The number of ether oxygens (including phenoxy) is 1. The zero-order chi connectivity index (χ0) is 14.2. The summed E-state index contributed by atoms with van der Waals surface area (Å²) >= 11 is 0. The van der Waals surface area contributed by atoms with Crippen LogP contribution in [0.2, 0.25) is 0 Å². The van der Waals surface area contributed by atoms with Gasteiger partial charge in [0.25, 0.3) is 0 Å². The van der Waals surface area contributed by atoms with E-state index in [-0.39, 0.29) is 23.6 Å². The lowest BCUT2D eigenvalue weighted by Gasteiger charge is -2.18. The van der Waals surface area contributed by atoms with Gasteiger partial charge in [-0.25, -0.2) is 0 Å². The highest BCUT2D eigenvalue weighted by atomic mass is 16.5. The predicted octanol–water partition coefficient (Wildman–Crippen LogP) is 2.29. The van der Waals surface area contributed by atoms with Crippen molar-refractivity contribution in [1.29, 1.82) is 0 Å². The molecule has 0 spiro atoms. The highest BCUT2D eigenvalue weighted by molar-refractivity contribution is 5.91. The summed E-state index contributed by atoms with van der Waals surface area (Å²) in [6, 6.07) is 5.04. The Morgan fingerprint density at radius 2 is 2.16 bits per heavy atom. The minimum atomic E-state index is -0.343. The second-order valence-corrected chi connectivity index (χ2v) is 4.74. The van der Waals surface area contributed by atoms with Gasteiger partial charge in [0, 0.05) is 6.54 Å². The van der Waals surface area contributed by atoms with Crippen molar-refractivity contribution in [2.24, 2.45) is 0 Å². The summed E-state index contributed by atoms with van der Waals surface area (Å²) < 4.78 is 5.09. The Labute approximate surface area is 113 Å². The summed E-state index contributed by atoms with van der Waals surface area (Å²) in [5, 5.41) is 9.62. The van der Waals surface area contributed by atoms with Crippen molar-refractivity contribution in [3.8, 4) is 11.5 Å². The van der Waals surface area contributed by atoms with Crippen LogP contribution in [0.25, 0.3) is 0 Å². The molecule has 1 aliphatic heterocycles. The molecule has 19 heavy (non-hydrogen) atoms. The first-order valence-corrected chi connectivity index (χ1v) is 6.37. The number of carbonyl (C=O) groups excluding carboxylic acids is 1. The van der Waals surface area contributed by atoms with Gasteiger partial charge >= 0.3 is 0 Å². The minimum Gasteiger partial charge on any atom is -0.504 e. The van der Waals surface area contributed by atoms with Crippen molar-refractivity contribution in [1.82, 2.24) is 4.90 Å². The van der Waals surface area contributed by atoms with E-state index in [0.29, 0.717) is 12.3 Å². The highest BCUT2D eigenvalue weighted by Crippen LogP contribution is 2.39. The fraction of sp³-hybridized carbons (Fsp3) is 0.400. The Bertz CT molecular complexity index is 524. The average Bonchev–Trinajstić information content (AvgIpc) is 2.61. The molecular weight excluding hydrogens is 242 g/mol. The van der Waals surface area contributed by atoms with Gasteiger partial charge in [-0.3, -0.25) is 4.79 Å². The van der Waals surface area contributed by atoms with E-state index in [2.05, 4.69) is 6.58 Å². The Hall–Kier alpha value is -1.97. The van der Waals surface area contributed by atoms with Crippen LogP contribution in [-0.2, 0) is 4.79 Å². The van der Waals surface area contributed by atoms with Crippen molar-refractivity contribution in [3.63, 3.8) is 0 Å². The summed E-state index contributed by atoms with van der Waals surface area (Å²) in [4.78, 5) is 14.2. The summed E-state index contributed by atoms with van der Waals surface area (Å²) in [5.41, 5.74) is 1.70. The summed E-state index contributed by atoms with van der Waals surface area (Å²) in [6.45, 7) is 8.67. The molecule has 1 aromatic carbocycles. The number of amides is 1. The number of likely N-dealkylation sites (N-methyl/N-ethyl adjacent to an activating group) is 1. The van der Waals surface area contributed by atoms with Crippen LogP contribution < -0.4 is 4.74 Å². The molecule has 1 saturated heterocycles. The van der Waals surface area contributed by atoms with Crippen LogP contribution in [0.4, 0.5) is 0 Å². The lowest BCUT2D eigenvalue weighted by Crippen LogP contribution is -2.31. The molecule has 1 aliphatic rings. The van der Waals surface area contributed by atoms with Gasteiger partial charge in [-0.15, -0.1) is 0 Å². The molecule has 0 radical (unpaired) electrons. The highest BCUT2D eigenvalue weighted by Gasteiger charge is 2.40. The van der Waals surface area contributed by atoms with E-state index in [1.807, 2.05) is 18.7 Å². The maximum atomic E-state index is 12.4.